The van der Waals surface area contributed by atoms with Crippen molar-refractivity contribution in [1.82, 2.24) is 20.4 Å². The number of hydrogen-bond acceptors (Lipinski definition) is 2. The molecule has 0 bridgehead atoms. The minimum absolute atomic E-state index is 0.0129. The summed E-state index contributed by atoms with van der Waals surface area (Å²) in [5, 5.41) is 6.19. The Hall–Kier alpha value is -1.46. The molecule has 0 radical (unpaired) electrons. The fourth-order valence-corrected chi connectivity index (χ4v) is 4.59. The molecule has 4 amide bonds. The lowest BCUT2D eigenvalue weighted by atomic mass is 9.90. The highest BCUT2D eigenvalue weighted by Gasteiger charge is 2.46. The van der Waals surface area contributed by atoms with Crippen molar-refractivity contribution >= 4 is 12.1 Å². The van der Waals surface area contributed by atoms with Crippen molar-refractivity contribution in [2.75, 3.05) is 6.67 Å². The number of carbonyl (C=O) groups is 2. The lowest BCUT2D eigenvalue weighted by molar-refractivity contribution is 0.112. The van der Waals surface area contributed by atoms with Gasteiger partial charge in [0.2, 0.25) is 0 Å². The Morgan fingerprint density at radius 3 is 1.67 bits per heavy atom. The lowest BCUT2D eigenvalue weighted by Crippen LogP contribution is -2.49. The van der Waals surface area contributed by atoms with Crippen molar-refractivity contribution in [2.45, 2.75) is 75.5 Å². The second-order valence-corrected chi connectivity index (χ2v) is 6.90. The van der Waals surface area contributed by atoms with E-state index in [0.29, 0.717) is 18.8 Å². The molecule has 0 aromatic carbocycles. The van der Waals surface area contributed by atoms with Gasteiger partial charge < -0.3 is 20.4 Å². The Morgan fingerprint density at radius 2 is 1.19 bits per heavy atom. The molecule has 2 aliphatic carbocycles. The number of nitrogens with zero attached hydrogens (tertiary/aromatic N) is 2. The Labute approximate surface area is 125 Å². The monoisotopic (exact) mass is 292 g/mol. The minimum atomic E-state index is 0.0129. The third-order valence-corrected chi connectivity index (χ3v) is 5.70. The van der Waals surface area contributed by atoms with Crippen molar-refractivity contribution in [3.63, 3.8) is 0 Å². The first-order chi connectivity index (χ1) is 10.2. The molecule has 2 saturated heterocycles. The number of amides is 4. The molecule has 6 heteroatoms. The zero-order valence-corrected chi connectivity index (χ0v) is 12.4. The predicted molar refractivity (Wildman–Crippen MR) is 77.7 cm³/mol. The van der Waals surface area contributed by atoms with E-state index in [-0.39, 0.29) is 24.1 Å². The zero-order chi connectivity index (χ0) is 14.4. The van der Waals surface area contributed by atoms with Gasteiger partial charge in [-0.2, -0.15) is 0 Å². The van der Waals surface area contributed by atoms with E-state index in [1.807, 2.05) is 9.80 Å². The highest BCUT2D eigenvalue weighted by atomic mass is 16.2. The van der Waals surface area contributed by atoms with Crippen LogP contribution in [0.1, 0.15) is 51.4 Å². The normalized spacial score (nSPS) is 38.9. The van der Waals surface area contributed by atoms with Gasteiger partial charge in [0.25, 0.3) is 0 Å². The van der Waals surface area contributed by atoms with Crippen molar-refractivity contribution < 1.29 is 9.59 Å². The number of hydrogen-bond donors (Lipinski definition) is 2. The van der Waals surface area contributed by atoms with Crippen molar-refractivity contribution in [3.8, 4) is 0 Å². The summed E-state index contributed by atoms with van der Waals surface area (Å²) in [6.45, 7) is 0.458. The summed E-state index contributed by atoms with van der Waals surface area (Å²) in [4.78, 5) is 28.3. The molecular formula is C15H24N4O2. The van der Waals surface area contributed by atoms with Gasteiger partial charge in [-0.15, -0.1) is 0 Å². The Morgan fingerprint density at radius 1 is 0.762 bits per heavy atom. The van der Waals surface area contributed by atoms with Crippen LogP contribution in [0.15, 0.2) is 0 Å². The van der Waals surface area contributed by atoms with E-state index in [4.69, 9.17) is 0 Å². The van der Waals surface area contributed by atoms with Crippen molar-refractivity contribution in [1.29, 1.82) is 0 Å². The van der Waals surface area contributed by atoms with Crippen LogP contribution in [0.5, 0.6) is 0 Å². The predicted octanol–water partition coefficient (Wildman–Crippen LogP) is 1.62. The number of nitrogens with one attached hydrogen (secondary N) is 2. The van der Waals surface area contributed by atoms with Crippen LogP contribution >= 0.6 is 0 Å². The topological polar surface area (TPSA) is 64.7 Å². The zero-order valence-electron chi connectivity index (χ0n) is 12.4. The van der Waals surface area contributed by atoms with Crippen LogP contribution in [0.25, 0.3) is 0 Å². The average molecular weight is 292 g/mol. The van der Waals surface area contributed by atoms with Crippen LogP contribution in [-0.2, 0) is 0 Å². The number of carbonyl (C=O) groups excluding carboxylic acids is 2. The van der Waals surface area contributed by atoms with E-state index in [0.717, 1.165) is 25.7 Å². The maximum Gasteiger partial charge on any atom is 0.319 e. The van der Waals surface area contributed by atoms with E-state index in [1.54, 1.807) is 0 Å². The van der Waals surface area contributed by atoms with Gasteiger partial charge in [-0.3, -0.25) is 0 Å². The number of fused-ring (bicyclic) bond motifs is 2. The van der Waals surface area contributed by atoms with Gasteiger partial charge in [-0.25, -0.2) is 9.59 Å². The molecule has 6 nitrogen and oxygen atoms in total. The summed E-state index contributed by atoms with van der Waals surface area (Å²) in [5.74, 6) is 0. The molecule has 0 aromatic heterocycles. The molecule has 2 saturated carbocycles. The quantitative estimate of drug-likeness (QED) is 0.812. The van der Waals surface area contributed by atoms with Crippen molar-refractivity contribution in [3.05, 3.63) is 0 Å². The third kappa shape index (κ3) is 2.15. The molecular weight excluding hydrogens is 268 g/mol. The average Bonchev–Trinajstić information content (AvgIpc) is 2.97. The van der Waals surface area contributed by atoms with Gasteiger partial charge in [-0.05, 0) is 25.7 Å². The second kappa shape index (κ2) is 5.07. The van der Waals surface area contributed by atoms with Crippen LogP contribution < -0.4 is 10.6 Å². The Kier molecular flexibility index (Phi) is 3.19. The smallest absolute Gasteiger partial charge is 0.319 e. The fraction of sp³-hybridized carbons (Fsp3) is 0.867. The lowest BCUT2D eigenvalue weighted by Gasteiger charge is -2.35. The first-order valence-corrected chi connectivity index (χ1v) is 8.38. The Bertz CT molecular complexity index is 415. The Balaban J connectivity index is 1.49. The van der Waals surface area contributed by atoms with Gasteiger partial charge in [0.05, 0.1) is 30.8 Å². The van der Waals surface area contributed by atoms with E-state index in [9.17, 15) is 9.59 Å². The van der Waals surface area contributed by atoms with E-state index in [1.165, 1.54) is 25.7 Å². The number of rotatable bonds is 2. The highest BCUT2D eigenvalue weighted by molar-refractivity contribution is 5.80. The molecule has 2 heterocycles. The molecule has 4 unspecified atom stereocenters. The number of urea groups is 2. The first-order valence-electron chi connectivity index (χ1n) is 8.38. The molecule has 2 N–H and O–H groups in total. The maximum atomic E-state index is 12.3. The van der Waals surface area contributed by atoms with E-state index < -0.39 is 0 Å². The summed E-state index contributed by atoms with van der Waals surface area (Å²) in [5.41, 5.74) is 0. The molecule has 21 heavy (non-hydrogen) atoms. The van der Waals surface area contributed by atoms with Gasteiger partial charge in [0.1, 0.15) is 0 Å². The summed E-state index contributed by atoms with van der Waals surface area (Å²) in [7, 11) is 0. The van der Waals surface area contributed by atoms with Gasteiger partial charge in [0.15, 0.2) is 0 Å². The molecule has 2 aliphatic heterocycles. The third-order valence-electron chi connectivity index (χ3n) is 5.70. The van der Waals surface area contributed by atoms with E-state index >= 15 is 0 Å². The molecule has 0 spiro atoms. The molecule has 116 valence electrons. The van der Waals surface area contributed by atoms with Crippen LogP contribution in [-0.4, -0.2) is 52.7 Å². The van der Waals surface area contributed by atoms with Gasteiger partial charge >= 0.3 is 12.1 Å². The maximum absolute atomic E-state index is 12.3. The van der Waals surface area contributed by atoms with Crippen LogP contribution in [0.2, 0.25) is 0 Å². The van der Waals surface area contributed by atoms with Gasteiger partial charge in [0, 0.05) is 0 Å². The van der Waals surface area contributed by atoms with Crippen molar-refractivity contribution in [2.24, 2.45) is 0 Å². The minimum Gasteiger partial charge on any atom is -0.333 e. The second-order valence-electron chi connectivity index (χ2n) is 6.90. The summed E-state index contributed by atoms with van der Waals surface area (Å²) < 4.78 is 0. The molecule has 4 aliphatic rings. The highest BCUT2D eigenvalue weighted by Crippen LogP contribution is 2.31. The molecule has 4 rings (SSSR count). The first kappa shape index (κ1) is 13.2. The molecule has 4 atom stereocenters. The fourth-order valence-electron chi connectivity index (χ4n) is 4.59. The standard InChI is InChI=1S/C15H24N4O2/c20-14-16-10-5-1-3-7-12(10)18(14)9-19-13-8-4-2-6-11(13)17-15(19)21/h10-13H,1-9H2,(H,16,20)(H,17,21). The van der Waals surface area contributed by atoms with Crippen LogP contribution in [0, 0.1) is 0 Å². The van der Waals surface area contributed by atoms with Crippen LogP contribution in [0.3, 0.4) is 0 Å². The van der Waals surface area contributed by atoms with E-state index in [2.05, 4.69) is 10.6 Å². The summed E-state index contributed by atoms with van der Waals surface area (Å²) in [6.07, 6.45) is 9.04. The largest absolute Gasteiger partial charge is 0.333 e. The molecule has 0 aromatic rings. The van der Waals surface area contributed by atoms with Crippen LogP contribution in [0.4, 0.5) is 9.59 Å². The SMILES string of the molecule is O=C1NC2CCCCC2N1CN1C(=O)NC2CCCCC21. The summed E-state index contributed by atoms with van der Waals surface area (Å²) >= 11 is 0. The van der Waals surface area contributed by atoms with Gasteiger partial charge in [-0.1, -0.05) is 25.7 Å². The molecule has 4 fully saturated rings. The summed E-state index contributed by atoms with van der Waals surface area (Å²) in [6, 6.07) is 1.17.